The first-order valence-corrected chi connectivity index (χ1v) is 7.08. The highest BCUT2D eigenvalue weighted by Crippen LogP contribution is 2.53. The van der Waals surface area contributed by atoms with Crippen LogP contribution in [0.1, 0.15) is 25.7 Å². The molecule has 1 saturated heterocycles. The summed E-state index contributed by atoms with van der Waals surface area (Å²) < 4.78 is 0. The van der Waals surface area contributed by atoms with Gasteiger partial charge in [-0.3, -0.25) is 9.59 Å². The molecule has 0 aromatic rings. The predicted molar refractivity (Wildman–Crippen MR) is 70.1 cm³/mol. The van der Waals surface area contributed by atoms with Gasteiger partial charge in [-0.05, 0) is 12.8 Å². The second-order valence-corrected chi connectivity index (χ2v) is 6.29. The summed E-state index contributed by atoms with van der Waals surface area (Å²) in [4.78, 5) is 27.1. The molecule has 7 rings (SSSR count). The van der Waals surface area contributed by atoms with Crippen LogP contribution in [0.25, 0.3) is 0 Å². The molecule has 2 fully saturated rings. The summed E-state index contributed by atoms with van der Waals surface area (Å²) >= 11 is 0. The maximum atomic E-state index is 12.9. The molecular weight excluding hydrogens is 240 g/mol. The fourth-order valence-corrected chi connectivity index (χ4v) is 4.43. The van der Waals surface area contributed by atoms with Crippen LogP contribution >= 0.6 is 0 Å². The lowest BCUT2D eigenvalue weighted by atomic mass is 9.55. The SMILES string of the molecule is CN1C(=O)[C@]23C=C[C@H]1[C@@H]1C=C[C@@]2(CCCC3)NC1=O. The van der Waals surface area contributed by atoms with Crippen LogP contribution in [0.2, 0.25) is 0 Å². The third-order valence-electron chi connectivity index (χ3n) is 5.52. The van der Waals surface area contributed by atoms with E-state index in [1.807, 2.05) is 13.1 Å². The first-order valence-electron chi connectivity index (χ1n) is 7.08. The zero-order valence-corrected chi connectivity index (χ0v) is 11.1. The molecule has 4 nitrogen and oxygen atoms in total. The van der Waals surface area contributed by atoms with Crippen molar-refractivity contribution in [3.05, 3.63) is 24.3 Å². The second kappa shape index (κ2) is 3.30. The average Bonchev–Trinajstić information content (AvgIpc) is 2.37. The van der Waals surface area contributed by atoms with Gasteiger partial charge in [0.25, 0.3) is 0 Å². The van der Waals surface area contributed by atoms with Crippen LogP contribution in [0, 0.1) is 11.3 Å². The summed E-state index contributed by atoms with van der Waals surface area (Å²) in [5.41, 5.74) is -1.06. The first-order chi connectivity index (χ1) is 9.10. The summed E-state index contributed by atoms with van der Waals surface area (Å²) in [6, 6.07) is -0.130. The van der Waals surface area contributed by atoms with E-state index >= 15 is 0 Å². The van der Waals surface area contributed by atoms with E-state index in [0.29, 0.717) is 0 Å². The minimum atomic E-state index is -0.561. The molecule has 1 N–H and O–H groups in total. The Morgan fingerprint density at radius 1 is 1.21 bits per heavy atom. The third-order valence-corrected chi connectivity index (χ3v) is 5.52. The molecule has 2 amide bonds. The first kappa shape index (κ1) is 11.3. The van der Waals surface area contributed by atoms with Crippen molar-refractivity contribution in [3.63, 3.8) is 0 Å². The number of amides is 2. The van der Waals surface area contributed by atoms with E-state index in [0.717, 1.165) is 25.7 Å². The van der Waals surface area contributed by atoms with Gasteiger partial charge in [0.05, 0.1) is 22.9 Å². The fraction of sp³-hybridized carbons (Fsp3) is 0.600. The second-order valence-electron chi connectivity index (χ2n) is 6.29. The van der Waals surface area contributed by atoms with Crippen LogP contribution < -0.4 is 5.32 Å². The number of carbonyl (C=O) groups excluding carboxylic acids is 2. The largest absolute Gasteiger partial charge is 0.345 e. The van der Waals surface area contributed by atoms with Gasteiger partial charge in [0.2, 0.25) is 11.8 Å². The molecular formula is C15H18N2O2. The Labute approximate surface area is 112 Å². The van der Waals surface area contributed by atoms with Gasteiger partial charge < -0.3 is 10.2 Å². The molecule has 5 heterocycles. The highest BCUT2D eigenvalue weighted by molar-refractivity contribution is 5.95. The van der Waals surface area contributed by atoms with Gasteiger partial charge >= 0.3 is 0 Å². The normalized spacial score (nSPS) is 46.9. The molecule has 4 bridgehead atoms. The zero-order valence-electron chi connectivity index (χ0n) is 11.1. The van der Waals surface area contributed by atoms with Gasteiger partial charge in [-0.1, -0.05) is 37.1 Å². The van der Waals surface area contributed by atoms with Crippen LogP contribution in [-0.2, 0) is 9.59 Å². The Hall–Kier alpha value is -1.58. The number of carbonyl (C=O) groups is 2. The van der Waals surface area contributed by atoms with Gasteiger partial charge in [0, 0.05) is 7.05 Å². The predicted octanol–water partition coefficient (Wildman–Crippen LogP) is 0.998. The molecule has 0 aromatic carbocycles. The van der Waals surface area contributed by atoms with E-state index in [2.05, 4.69) is 23.5 Å². The molecule has 100 valence electrons. The van der Waals surface area contributed by atoms with E-state index in [1.165, 1.54) is 0 Å². The highest BCUT2D eigenvalue weighted by atomic mass is 16.2. The van der Waals surface area contributed by atoms with Gasteiger partial charge in [-0.25, -0.2) is 0 Å². The molecule has 4 heteroatoms. The number of rotatable bonds is 0. The lowest BCUT2D eigenvalue weighted by Crippen LogP contribution is -2.72. The van der Waals surface area contributed by atoms with Crippen molar-refractivity contribution in [1.82, 2.24) is 10.2 Å². The van der Waals surface area contributed by atoms with Crippen molar-refractivity contribution in [2.45, 2.75) is 37.3 Å². The number of hydrogen-bond donors (Lipinski definition) is 1. The minimum Gasteiger partial charge on any atom is -0.345 e. The van der Waals surface area contributed by atoms with Gasteiger partial charge in [-0.2, -0.15) is 0 Å². The Bertz CT molecular complexity index is 538. The fourth-order valence-electron chi connectivity index (χ4n) is 4.43. The monoisotopic (exact) mass is 258 g/mol. The minimum absolute atomic E-state index is 0.0717. The molecule has 2 aliphatic carbocycles. The Kier molecular flexibility index (Phi) is 1.95. The molecule has 0 radical (unpaired) electrons. The van der Waals surface area contributed by atoms with Crippen LogP contribution in [0.4, 0.5) is 0 Å². The topological polar surface area (TPSA) is 49.4 Å². The maximum absolute atomic E-state index is 12.9. The summed E-state index contributed by atoms with van der Waals surface area (Å²) in [6.45, 7) is 0. The third kappa shape index (κ3) is 1.11. The van der Waals surface area contributed by atoms with E-state index in [1.54, 1.807) is 4.90 Å². The van der Waals surface area contributed by atoms with Crippen molar-refractivity contribution in [2.75, 3.05) is 7.05 Å². The van der Waals surface area contributed by atoms with E-state index in [9.17, 15) is 9.59 Å². The lowest BCUT2D eigenvalue weighted by molar-refractivity contribution is -0.154. The van der Waals surface area contributed by atoms with Gasteiger partial charge in [0.15, 0.2) is 0 Å². The van der Waals surface area contributed by atoms with Crippen molar-refractivity contribution in [1.29, 1.82) is 0 Å². The zero-order chi connectivity index (χ0) is 13.3. The number of nitrogens with zero attached hydrogens (tertiary/aromatic N) is 1. The van der Waals surface area contributed by atoms with E-state index < -0.39 is 11.0 Å². The molecule has 4 atom stereocenters. The van der Waals surface area contributed by atoms with Crippen LogP contribution in [-0.4, -0.2) is 35.3 Å². The molecule has 5 aliphatic heterocycles. The molecule has 19 heavy (non-hydrogen) atoms. The molecule has 2 spiro atoms. The summed E-state index contributed by atoms with van der Waals surface area (Å²) in [5, 5.41) is 3.18. The van der Waals surface area contributed by atoms with E-state index in [-0.39, 0.29) is 23.8 Å². The lowest BCUT2D eigenvalue weighted by Gasteiger charge is -2.58. The average molecular weight is 258 g/mol. The van der Waals surface area contributed by atoms with Gasteiger partial charge in [0.1, 0.15) is 0 Å². The van der Waals surface area contributed by atoms with E-state index in [4.69, 9.17) is 0 Å². The molecule has 7 aliphatic rings. The smallest absolute Gasteiger partial charge is 0.235 e. The van der Waals surface area contributed by atoms with Crippen molar-refractivity contribution >= 4 is 11.8 Å². The highest BCUT2D eigenvalue weighted by Gasteiger charge is 2.62. The molecule has 1 saturated carbocycles. The number of nitrogens with one attached hydrogen (secondary N) is 1. The quantitative estimate of drug-likeness (QED) is 0.659. The Morgan fingerprint density at radius 2 is 2.00 bits per heavy atom. The van der Waals surface area contributed by atoms with Crippen LogP contribution in [0.15, 0.2) is 24.3 Å². The van der Waals surface area contributed by atoms with Crippen LogP contribution in [0.3, 0.4) is 0 Å². The van der Waals surface area contributed by atoms with Crippen LogP contribution in [0.5, 0.6) is 0 Å². The maximum Gasteiger partial charge on any atom is 0.235 e. The number of likely N-dealkylation sites (N-methyl/N-ethyl adjacent to an activating group) is 1. The van der Waals surface area contributed by atoms with Crippen molar-refractivity contribution < 1.29 is 9.59 Å². The van der Waals surface area contributed by atoms with Crippen molar-refractivity contribution in [3.8, 4) is 0 Å². The standard InChI is InChI=1S/C15H18N2O2/c1-17-11-5-8-14(13(17)19)6-2-3-7-15(14)9-4-10(11)12(18)16-15/h4-5,8-11H,2-3,6-7H2,1H3,(H,16,18)/t10-,11-,14-,15+/m0/s1. The molecule has 0 unspecified atom stereocenters. The molecule has 0 aromatic heterocycles. The summed E-state index contributed by atoms with van der Waals surface area (Å²) in [6.07, 6.45) is 12.1. The Morgan fingerprint density at radius 3 is 2.79 bits per heavy atom. The van der Waals surface area contributed by atoms with Crippen molar-refractivity contribution in [2.24, 2.45) is 11.3 Å². The number of hydrogen-bond acceptors (Lipinski definition) is 2. The summed E-state index contributed by atoms with van der Waals surface area (Å²) in [7, 11) is 1.84. The summed E-state index contributed by atoms with van der Waals surface area (Å²) in [5.74, 6) is 0.00702. The van der Waals surface area contributed by atoms with Gasteiger partial charge in [-0.15, -0.1) is 0 Å². The Balaban J connectivity index is 2.01.